The van der Waals surface area contributed by atoms with Crippen LogP contribution in [0.3, 0.4) is 0 Å². The Labute approximate surface area is 152 Å². The molecular weight excluding hydrogens is 330 g/mol. The van der Waals surface area contributed by atoms with E-state index in [2.05, 4.69) is 63.8 Å². The lowest BCUT2D eigenvalue weighted by Crippen LogP contribution is -2.39. The van der Waals surface area contributed by atoms with Crippen molar-refractivity contribution >= 4 is 28.2 Å². The van der Waals surface area contributed by atoms with Gasteiger partial charge in [-0.05, 0) is 31.4 Å². The van der Waals surface area contributed by atoms with E-state index in [4.69, 9.17) is 0 Å². The van der Waals surface area contributed by atoms with Gasteiger partial charge in [0.15, 0.2) is 5.96 Å². The normalized spacial score (nSPS) is 11.9. The fourth-order valence-corrected chi connectivity index (χ4v) is 3.70. The number of fused-ring (bicyclic) bond motifs is 1. The van der Waals surface area contributed by atoms with Crippen LogP contribution in [0.1, 0.15) is 21.0 Å². The highest BCUT2D eigenvalue weighted by Gasteiger charge is 2.06. The molecule has 0 atom stereocenters. The highest BCUT2D eigenvalue weighted by molar-refractivity contribution is 7.11. The third kappa shape index (κ3) is 4.39. The van der Waals surface area contributed by atoms with Gasteiger partial charge in [0.1, 0.15) is 0 Å². The van der Waals surface area contributed by atoms with Crippen molar-refractivity contribution in [1.82, 2.24) is 20.6 Å². The van der Waals surface area contributed by atoms with Crippen LogP contribution in [0, 0.1) is 13.8 Å². The Kier molecular flexibility index (Phi) is 5.71. The fourth-order valence-electron chi connectivity index (χ4n) is 2.91. The Morgan fingerprint density at radius 2 is 2.00 bits per heavy atom. The highest BCUT2D eigenvalue weighted by Crippen LogP contribution is 2.21. The molecule has 132 valence electrons. The minimum atomic E-state index is 0.832. The summed E-state index contributed by atoms with van der Waals surface area (Å²) in [5.74, 6) is 0.837. The SMILES string of the molecule is CN=C(NCCc1ncc(C)s1)NCCc1c[nH]c2c(C)cccc12. The van der Waals surface area contributed by atoms with Crippen LogP contribution in [0.5, 0.6) is 0 Å². The van der Waals surface area contributed by atoms with Crippen LogP contribution in [0.4, 0.5) is 0 Å². The first-order valence-electron chi connectivity index (χ1n) is 8.59. The number of thiazole rings is 1. The molecule has 0 aliphatic rings. The fraction of sp³-hybridized carbons (Fsp3) is 0.368. The van der Waals surface area contributed by atoms with E-state index in [0.29, 0.717) is 0 Å². The number of aromatic nitrogens is 2. The van der Waals surface area contributed by atoms with Crippen molar-refractivity contribution in [2.45, 2.75) is 26.7 Å². The summed E-state index contributed by atoms with van der Waals surface area (Å²) in [5.41, 5.74) is 3.85. The van der Waals surface area contributed by atoms with Gasteiger partial charge in [-0.25, -0.2) is 4.98 Å². The zero-order valence-corrected chi connectivity index (χ0v) is 15.8. The number of aromatic amines is 1. The van der Waals surface area contributed by atoms with E-state index >= 15 is 0 Å². The molecule has 6 heteroatoms. The molecule has 3 N–H and O–H groups in total. The van der Waals surface area contributed by atoms with Crippen LogP contribution >= 0.6 is 11.3 Å². The number of aliphatic imine (C=N–C) groups is 1. The molecule has 0 radical (unpaired) electrons. The van der Waals surface area contributed by atoms with Crippen LogP contribution in [-0.4, -0.2) is 36.1 Å². The molecule has 0 saturated carbocycles. The molecule has 0 saturated heterocycles. The maximum Gasteiger partial charge on any atom is 0.191 e. The molecule has 3 aromatic rings. The Bertz CT molecular complexity index is 862. The molecule has 2 aromatic heterocycles. The summed E-state index contributed by atoms with van der Waals surface area (Å²) in [7, 11) is 1.80. The molecule has 0 bridgehead atoms. The van der Waals surface area contributed by atoms with Gasteiger partial charge in [-0.1, -0.05) is 18.2 Å². The van der Waals surface area contributed by atoms with Gasteiger partial charge < -0.3 is 15.6 Å². The van der Waals surface area contributed by atoms with E-state index in [1.54, 1.807) is 18.4 Å². The van der Waals surface area contributed by atoms with Gasteiger partial charge in [-0.2, -0.15) is 0 Å². The van der Waals surface area contributed by atoms with Gasteiger partial charge in [0.2, 0.25) is 0 Å². The number of guanidine groups is 1. The summed E-state index contributed by atoms with van der Waals surface area (Å²) in [6.07, 6.45) is 5.91. The predicted octanol–water partition coefficient (Wildman–Crippen LogP) is 3.19. The van der Waals surface area contributed by atoms with E-state index in [1.807, 2.05) is 6.20 Å². The second kappa shape index (κ2) is 8.16. The Balaban J connectivity index is 1.47. The van der Waals surface area contributed by atoms with E-state index in [9.17, 15) is 0 Å². The lowest BCUT2D eigenvalue weighted by atomic mass is 10.1. The summed E-state index contributed by atoms with van der Waals surface area (Å²) in [4.78, 5) is 13.3. The van der Waals surface area contributed by atoms with E-state index in [0.717, 1.165) is 36.9 Å². The molecular formula is C19H25N5S. The monoisotopic (exact) mass is 355 g/mol. The van der Waals surface area contributed by atoms with Crippen molar-refractivity contribution in [3.05, 3.63) is 51.6 Å². The van der Waals surface area contributed by atoms with Gasteiger partial charge in [-0.3, -0.25) is 4.99 Å². The smallest absolute Gasteiger partial charge is 0.191 e. The zero-order valence-electron chi connectivity index (χ0n) is 15.0. The molecule has 0 spiro atoms. The number of rotatable bonds is 6. The Morgan fingerprint density at radius 3 is 2.72 bits per heavy atom. The number of hydrogen-bond acceptors (Lipinski definition) is 3. The molecule has 2 heterocycles. The Morgan fingerprint density at radius 1 is 1.20 bits per heavy atom. The van der Waals surface area contributed by atoms with Gasteiger partial charge in [0.25, 0.3) is 0 Å². The third-order valence-corrected chi connectivity index (χ3v) is 5.19. The molecule has 0 aliphatic heterocycles. The molecule has 5 nitrogen and oxygen atoms in total. The molecule has 0 fully saturated rings. The molecule has 0 aliphatic carbocycles. The van der Waals surface area contributed by atoms with Gasteiger partial charge >= 0.3 is 0 Å². The largest absolute Gasteiger partial charge is 0.361 e. The first kappa shape index (κ1) is 17.5. The topological polar surface area (TPSA) is 65.1 Å². The van der Waals surface area contributed by atoms with Crippen LogP contribution in [-0.2, 0) is 12.8 Å². The molecule has 0 amide bonds. The summed E-state index contributed by atoms with van der Waals surface area (Å²) in [5, 5.41) is 9.21. The van der Waals surface area contributed by atoms with Crippen molar-refractivity contribution < 1.29 is 0 Å². The highest BCUT2D eigenvalue weighted by atomic mass is 32.1. The second-order valence-electron chi connectivity index (χ2n) is 6.10. The number of nitrogens with zero attached hydrogens (tertiary/aromatic N) is 2. The average molecular weight is 356 g/mol. The molecule has 0 unspecified atom stereocenters. The maximum absolute atomic E-state index is 4.39. The molecule has 25 heavy (non-hydrogen) atoms. The van der Waals surface area contributed by atoms with Crippen molar-refractivity contribution in [1.29, 1.82) is 0 Å². The molecule has 3 rings (SSSR count). The van der Waals surface area contributed by atoms with Crippen LogP contribution in [0.15, 0.2) is 35.6 Å². The van der Waals surface area contributed by atoms with Gasteiger partial charge in [-0.15, -0.1) is 11.3 Å². The first-order valence-corrected chi connectivity index (χ1v) is 9.40. The predicted molar refractivity (Wildman–Crippen MR) is 107 cm³/mol. The Hall–Kier alpha value is -2.34. The van der Waals surface area contributed by atoms with E-state index in [1.165, 1.54) is 26.9 Å². The molecule has 1 aromatic carbocycles. The van der Waals surface area contributed by atoms with Gasteiger partial charge in [0.05, 0.1) is 5.01 Å². The first-order chi connectivity index (χ1) is 12.2. The standard InChI is InChI=1S/C19H25N5S/c1-13-5-4-6-16-15(12-24-18(13)16)7-9-21-19(20-3)22-10-8-17-23-11-14(2)25-17/h4-6,11-12,24H,7-10H2,1-3H3,(H2,20,21,22). The summed E-state index contributed by atoms with van der Waals surface area (Å²) in [6, 6.07) is 6.43. The van der Waals surface area contributed by atoms with Crippen LogP contribution in [0.2, 0.25) is 0 Å². The zero-order chi connectivity index (χ0) is 17.6. The summed E-state index contributed by atoms with van der Waals surface area (Å²) >= 11 is 1.75. The van der Waals surface area contributed by atoms with Crippen molar-refractivity contribution in [3.8, 4) is 0 Å². The van der Waals surface area contributed by atoms with Crippen molar-refractivity contribution in [3.63, 3.8) is 0 Å². The number of nitrogens with one attached hydrogen (secondary N) is 3. The van der Waals surface area contributed by atoms with Crippen molar-refractivity contribution in [2.24, 2.45) is 4.99 Å². The van der Waals surface area contributed by atoms with Gasteiger partial charge in [0, 0.05) is 54.7 Å². The maximum atomic E-state index is 4.39. The number of benzene rings is 1. The lowest BCUT2D eigenvalue weighted by Gasteiger charge is -2.11. The van der Waals surface area contributed by atoms with E-state index < -0.39 is 0 Å². The van der Waals surface area contributed by atoms with Crippen LogP contribution in [0.25, 0.3) is 10.9 Å². The number of para-hydroxylation sites is 1. The third-order valence-electron chi connectivity index (χ3n) is 4.22. The minimum Gasteiger partial charge on any atom is -0.361 e. The van der Waals surface area contributed by atoms with E-state index in [-0.39, 0.29) is 0 Å². The number of aryl methyl sites for hydroxylation is 2. The number of H-pyrrole nitrogens is 1. The quantitative estimate of drug-likeness (QED) is 0.470. The van der Waals surface area contributed by atoms with Crippen molar-refractivity contribution in [2.75, 3.05) is 20.1 Å². The lowest BCUT2D eigenvalue weighted by molar-refractivity contribution is 0.783. The summed E-state index contributed by atoms with van der Waals surface area (Å²) < 4.78 is 0. The average Bonchev–Trinajstić information content (AvgIpc) is 3.21. The summed E-state index contributed by atoms with van der Waals surface area (Å²) in [6.45, 7) is 5.90. The second-order valence-corrected chi connectivity index (χ2v) is 7.42. The number of hydrogen-bond donors (Lipinski definition) is 3. The van der Waals surface area contributed by atoms with Crippen LogP contribution < -0.4 is 10.6 Å². The minimum absolute atomic E-state index is 0.832.